The van der Waals surface area contributed by atoms with Gasteiger partial charge in [-0.05, 0) is 41.6 Å². The van der Waals surface area contributed by atoms with Crippen LogP contribution in [0.5, 0.6) is 0 Å². The zero-order chi connectivity index (χ0) is 14.3. The lowest BCUT2D eigenvalue weighted by atomic mass is 10.1. The molecule has 0 N–H and O–H groups in total. The second-order valence-corrected chi connectivity index (χ2v) is 5.68. The Balaban J connectivity index is 1.89. The molecule has 20 heavy (non-hydrogen) atoms. The summed E-state index contributed by atoms with van der Waals surface area (Å²) in [5.41, 5.74) is 2.61. The van der Waals surface area contributed by atoms with Crippen molar-refractivity contribution in [2.45, 2.75) is 19.6 Å². The van der Waals surface area contributed by atoms with E-state index >= 15 is 0 Å². The van der Waals surface area contributed by atoms with Gasteiger partial charge in [-0.15, -0.1) is 11.3 Å². The van der Waals surface area contributed by atoms with Crippen molar-refractivity contribution in [3.05, 3.63) is 58.6 Å². The molecule has 0 saturated heterocycles. The summed E-state index contributed by atoms with van der Waals surface area (Å²) in [5, 5.41) is 2.09. The Bertz CT molecular complexity index is 735. The van der Waals surface area contributed by atoms with Gasteiger partial charge >= 0.3 is 6.18 Å². The van der Waals surface area contributed by atoms with E-state index in [4.69, 9.17) is 0 Å². The van der Waals surface area contributed by atoms with Gasteiger partial charge in [0.15, 0.2) is 0 Å². The second-order valence-electron chi connectivity index (χ2n) is 4.77. The first-order valence-corrected chi connectivity index (χ1v) is 7.02. The number of aromatic nitrogens is 1. The number of benzene rings is 1. The quantitative estimate of drug-likeness (QED) is 0.621. The van der Waals surface area contributed by atoms with Gasteiger partial charge in [0.1, 0.15) is 0 Å². The van der Waals surface area contributed by atoms with Crippen molar-refractivity contribution in [3.63, 3.8) is 0 Å². The fraction of sp³-hybridized carbons (Fsp3) is 0.200. The van der Waals surface area contributed by atoms with Gasteiger partial charge < -0.3 is 4.57 Å². The van der Waals surface area contributed by atoms with Crippen molar-refractivity contribution in [2.24, 2.45) is 0 Å². The Morgan fingerprint density at radius 3 is 2.45 bits per heavy atom. The van der Waals surface area contributed by atoms with Crippen LogP contribution in [-0.4, -0.2) is 4.57 Å². The Morgan fingerprint density at radius 2 is 1.80 bits per heavy atom. The first kappa shape index (κ1) is 13.2. The van der Waals surface area contributed by atoms with E-state index < -0.39 is 11.7 Å². The number of rotatable bonds is 2. The first-order chi connectivity index (χ1) is 9.45. The van der Waals surface area contributed by atoms with Gasteiger partial charge in [0.2, 0.25) is 0 Å². The Hall–Kier alpha value is -1.75. The van der Waals surface area contributed by atoms with Crippen molar-refractivity contribution in [3.8, 4) is 0 Å². The third kappa shape index (κ3) is 2.33. The summed E-state index contributed by atoms with van der Waals surface area (Å²) in [6.45, 7) is 2.63. The minimum Gasteiger partial charge on any atom is -0.342 e. The maximum Gasteiger partial charge on any atom is 0.416 e. The van der Waals surface area contributed by atoms with Crippen LogP contribution < -0.4 is 0 Å². The molecule has 1 nitrogen and oxygen atoms in total. The summed E-state index contributed by atoms with van der Waals surface area (Å²) in [7, 11) is 0. The van der Waals surface area contributed by atoms with Gasteiger partial charge in [0.05, 0.1) is 15.8 Å². The van der Waals surface area contributed by atoms with E-state index in [9.17, 15) is 13.2 Å². The predicted molar refractivity (Wildman–Crippen MR) is 75.1 cm³/mol. The van der Waals surface area contributed by atoms with Crippen LogP contribution in [0.3, 0.4) is 0 Å². The molecule has 104 valence electrons. The van der Waals surface area contributed by atoms with E-state index in [-0.39, 0.29) is 0 Å². The number of hydrogen-bond donors (Lipinski definition) is 0. The van der Waals surface area contributed by atoms with Gasteiger partial charge in [-0.25, -0.2) is 0 Å². The molecular formula is C15H12F3NS. The van der Waals surface area contributed by atoms with E-state index in [1.807, 2.05) is 19.2 Å². The van der Waals surface area contributed by atoms with E-state index in [1.54, 1.807) is 11.3 Å². The number of hydrogen-bond acceptors (Lipinski definition) is 1. The molecule has 0 spiro atoms. The van der Waals surface area contributed by atoms with Crippen LogP contribution >= 0.6 is 11.3 Å². The van der Waals surface area contributed by atoms with Gasteiger partial charge in [-0.1, -0.05) is 12.1 Å². The summed E-state index contributed by atoms with van der Waals surface area (Å²) in [6.07, 6.45) is -2.30. The van der Waals surface area contributed by atoms with E-state index in [0.29, 0.717) is 6.54 Å². The van der Waals surface area contributed by atoms with Crippen molar-refractivity contribution in [2.75, 3.05) is 0 Å². The molecule has 3 rings (SSSR count). The maximum atomic E-state index is 12.5. The molecule has 2 aromatic heterocycles. The average Bonchev–Trinajstić information content (AvgIpc) is 2.94. The largest absolute Gasteiger partial charge is 0.416 e. The number of alkyl halides is 3. The number of thiophene rings is 1. The van der Waals surface area contributed by atoms with E-state index in [2.05, 4.69) is 9.95 Å². The van der Waals surface area contributed by atoms with Crippen molar-refractivity contribution >= 4 is 21.6 Å². The molecule has 0 atom stereocenters. The van der Waals surface area contributed by atoms with Crippen molar-refractivity contribution in [1.29, 1.82) is 0 Å². The molecule has 0 bridgehead atoms. The lowest BCUT2D eigenvalue weighted by Gasteiger charge is -2.09. The van der Waals surface area contributed by atoms with Crippen LogP contribution in [-0.2, 0) is 12.7 Å². The molecule has 0 unspecified atom stereocenters. The molecule has 0 aliphatic carbocycles. The summed E-state index contributed by atoms with van der Waals surface area (Å²) >= 11 is 1.68. The molecule has 0 saturated carbocycles. The minimum atomic E-state index is -4.27. The number of aryl methyl sites for hydroxylation is 1. The van der Waals surface area contributed by atoms with Crippen molar-refractivity contribution in [1.82, 2.24) is 4.57 Å². The van der Waals surface area contributed by atoms with Gasteiger partial charge in [-0.2, -0.15) is 13.2 Å². The summed E-state index contributed by atoms with van der Waals surface area (Å²) in [6, 6.07) is 7.39. The Morgan fingerprint density at radius 1 is 1.10 bits per heavy atom. The monoisotopic (exact) mass is 295 g/mol. The zero-order valence-corrected chi connectivity index (χ0v) is 11.6. The van der Waals surface area contributed by atoms with Gasteiger partial charge in [0.25, 0.3) is 0 Å². The molecule has 3 aromatic rings. The highest BCUT2D eigenvalue weighted by atomic mass is 32.1. The number of nitrogens with zero attached hydrogens (tertiary/aromatic N) is 1. The molecule has 2 heterocycles. The summed E-state index contributed by atoms with van der Waals surface area (Å²) < 4.78 is 40.8. The van der Waals surface area contributed by atoms with Gasteiger partial charge in [-0.3, -0.25) is 0 Å². The number of fused-ring (bicyclic) bond motifs is 1. The van der Waals surface area contributed by atoms with Crippen molar-refractivity contribution < 1.29 is 13.2 Å². The van der Waals surface area contributed by atoms with Gasteiger partial charge in [0, 0.05) is 12.7 Å². The highest BCUT2D eigenvalue weighted by Gasteiger charge is 2.29. The standard InChI is InChI=1S/C15H12F3NS/c1-10-9-20-13-6-7-19(14(10)13)8-11-2-4-12(5-3-11)15(16,17)18/h2-7,9H,8H2,1H3. The predicted octanol–water partition coefficient (Wildman–Crippen LogP) is 5.08. The minimum absolute atomic E-state index is 0.583. The molecule has 0 fully saturated rings. The highest BCUT2D eigenvalue weighted by molar-refractivity contribution is 7.17. The SMILES string of the molecule is Cc1csc2ccn(Cc3ccc(C(F)(F)F)cc3)c12. The summed E-state index contributed by atoms with van der Waals surface area (Å²) in [5.74, 6) is 0. The van der Waals surface area contributed by atoms with E-state index in [0.717, 1.165) is 23.2 Å². The average molecular weight is 295 g/mol. The Labute approximate surface area is 118 Å². The molecule has 5 heteroatoms. The third-order valence-electron chi connectivity index (χ3n) is 3.30. The fourth-order valence-electron chi connectivity index (χ4n) is 2.30. The molecule has 0 amide bonds. The van der Waals surface area contributed by atoms with Crippen LogP contribution in [0.1, 0.15) is 16.7 Å². The van der Waals surface area contributed by atoms with E-state index in [1.165, 1.54) is 22.4 Å². The third-order valence-corrected chi connectivity index (χ3v) is 4.35. The molecule has 0 radical (unpaired) electrons. The molecular weight excluding hydrogens is 283 g/mol. The fourth-order valence-corrected chi connectivity index (χ4v) is 3.25. The Kier molecular flexibility index (Phi) is 3.09. The smallest absolute Gasteiger partial charge is 0.342 e. The topological polar surface area (TPSA) is 4.93 Å². The lowest BCUT2D eigenvalue weighted by Crippen LogP contribution is -2.05. The normalized spacial score (nSPS) is 12.2. The highest BCUT2D eigenvalue weighted by Crippen LogP contribution is 2.30. The summed E-state index contributed by atoms with van der Waals surface area (Å²) in [4.78, 5) is 0. The van der Waals surface area contributed by atoms with Crippen LogP contribution in [0.25, 0.3) is 10.2 Å². The molecule has 0 aliphatic rings. The molecule has 0 aliphatic heterocycles. The number of halogens is 3. The lowest BCUT2D eigenvalue weighted by molar-refractivity contribution is -0.137. The van der Waals surface area contributed by atoms with Crippen LogP contribution in [0, 0.1) is 6.92 Å². The zero-order valence-electron chi connectivity index (χ0n) is 10.7. The van der Waals surface area contributed by atoms with Crippen LogP contribution in [0.4, 0.5) is 13.2 Å². The molecule has 1 aromatic carbocycles. The first-order valence-electron chi connectivity index (χ1n) is 6.14. The second kappa shape index (κ2) is 4.66. The van der Waals surface area contributed by atoms with Crippen LogP contribution in [0.2, 0.25) is 0 Å². The maximum absolute atomic E-state index is 12.5. The van der Waals surface area contributed by atoms with Crippen LogP contribution in [0.15, 0.2) is 41.9 Å².